The van der Waals surface area contributed by atoms with Crippen LogP contribution in [0.15, 0.2) is 30.3 Å². The van der Waals surface area contributed by atoms with E-state index in [1.165, 1.54) is 0 Å². The highest BCUT2D eigenvalue weighted by atomic mass is 16.6. The normalized spacial score (nSPS) is 32.2. The number of hydrogen-bond donors (Lipinski definition) is 0. The second kappa shape index (κ2) is 7.26. The van der Waals surface area contributed by atoms with Gasteiger partial charge in [0.2, 0.25) is 0 Å². The van der Waals surface area contributed by atoms with Gasteiger partial charge in [0.05, 0.1) is 24.2 Å². The van der Waals surface area contributed by atoms with Gasteiger partial charge in [0.15, 0.2) is 0 Å². The minimum atomic E-state index is -1.13. The molecule has 0 radical (unpaired) electrons. The van der Waals surface area contributed by atoms with E-state index >= 15 is 0 Å². The summed E-state index contributed by atoms with van der Waals surface area (Å²) in [5.74, 6) is -4.39. The van der Waals surface area contributed by atoms with Crippen LogP contribution >= 0.6 is 0 Å². The van der Waals surface area contributed by atoms with Crippen molar-refractivity contribution in [3.8, 4) is 0 Å². The molecule has 3 aliphatic heterocycles. The fraction of sp³-hybridized carbons (Fsp3) is 0.524. The number of ether oxygens (including phenoxy) is 4. The SMILES string of the molecule is CC(C)C(=O)OC[C@]12C[C@@H](COC(=O)c3ccccc3)[C@@H](O1)C1C(=O)OC(=O)C12. The smallest absolute Gasteiger partial charge is 0.338 e. The Balaban J connectivity index is 1.49. The molecule has 3 heterocycles. The maximum absolute atomic E-state index is 12.2. The van der Waals surface area contributed by atoms with Crippen LogP contribution in [-0.4, -0.2) is 48.8 Å². The van der Waals surface area contributed by atoms with Crippen LogP contribution in [0.25, 0.3) is 0 Å². The zero-order valence-corrected chi connectivity index (χ0v) is 16.2. The Morgan fingerprint density at radius 1 is 1.14 bits per heavy atom. The third-order valence-electron chi connectivity index (χ3n) is 5.82. The maximum Gasteiger partial charge on any atom is 0.338 e. The summed E-state index contributed by atoms with van der Waals surface area (Å²) < 4.78 is 21.7. The molecule has 8 heteroatoms. The van der Waals surface area contributed by atoms with Crippen LogP contribution < -0.4 is 0 Å². The van der Waals surface area contributed by atoms with Crippen LogP contribution in [0.1, 0.15) is 30.6 Å². The maximum atomic E-state index is 12.2. The Bertz CT molecular complexity index is 847. The highest BCUT2D eigenvalue weighted by Crippen LogP contribution is 2.57. The Hall–Kier alpha value is -2.74. The fourth-order valence-corrected chi connectivity index (χ4v) is 4.46. The van der Waals surface area contributed by atoms with Crippen LogP contribution in [0, 0.1) is 23.7 Å². The fourth-order valence-electron chi connectivity index (χ4n) is 4.46. The van der Waals surface area contributed by atoms with E-state index in [0.717, 1.165) is 0 Å². The highest BCUT2D eigenvalue weighted by molar-refractivity contribution is 5.98. The van der Waals surface area contributed by atoms with Crippen LogP contribution in [-0.2, 0) is 33.3 Å². The van der Waals surface area contributed by atoms with Crippen molar-refractivity contribution in [1.82, 2.24) is 0 Å². The monoisotopic (exact) mass is 402 g/mol. The van der Waals surface area contributed by atoms with E-state index in [4.69, 9.17) is 18.9 Å². The van der Waals surface area contributed by atoms with Crippen molar-refractivity contribution in [3.63, 3.8) is 0 Å². The Labute approximate surface area is 167 Å². The van der Waals surface area contributed by atoms with E-state index in [9.17, 15) is 19.2 Å². The van der Waals surface area contributed by atoms with E-state index in [1.807, 2.05) is 0 Å². The topological polar surface area (TPSA) is 105 Å². The number of hydrogen-bond acceptors (Lipinski definition) is 8. The largest absolute Gasteiger partial charge is 0.462 e. The zero-order chi connectivity index (χ0) is 20.8. The molecule has 0 spiro atoms. The lowest BCUT2D eigenvalue weighted by Gasteiger charge is -2.31. The van der Waals surface area contributed by atoms with Gasteiger partial charge in [-0.15, -0.1) is 0 Å². The molecule has 3 saturated heterocycles. The number of benzene rings is 1. The summed E-state index contributed by atoms with van der Waals surface area (Å²) in [6.45, 7) is 3.29. The molecule has 4 rings (SSSR count). The van der Waals surface area contributed by atoms with Gasteiger partial charge in [-0.25, -0.2) is 4.79 Å². The molecule has 1 aromatic rings. The molecule has 2 bridgehead atoms. The first-order valence-electron chi connectivity index (χ1n) is 9.64. The standard InChI is InChI=1S/C21H22O8/c1-11(2)17(22)27-10-21-8-13(9-26-18(23)12-6-4-3-5-7-12)16(29-21)14-15(21)20(25)28-19(14)24/h3-7,11,13-16H,8-10H2,1-2H3/t13-,14?,15?,16+,21-/m0/s1. The first-order valence-corrected chi connectivity index (χ1v) is 9.64. The van der Waals surface area contributed by atoms with Crippen molar-refractivity contribution in [1.29, 1.82) is 0 Å². The van der Waals surface area contributed by atoms with Gasteiger partial charge >= 0.3 is 23.9 Å². The average molecular weight is 402 g/mol. The molecule has 5 atom stereocenters. The number of fused-ring (bicyclic) bond motifs is 5. The molecule has 154 valence electrons. The van der Waals surface area contributed by atoms with Gasteiger partial charge in [-0.1, -0.05) is 32.0 Å². The predicted molar refractivity (Wildman–Crippen MR) is 96.3 cm³/mol. The van der Waals surface area contributed by atoms with Crippen molar-refractivity contribution >= 4 is 23.9 Å². The zero-order valence-electron chi connectivity index (χ0n) is 16.2. The predicted octanol–water partition coefficient (Wildman–Crippen LogP) is 1.52. The summed E-state index contributed by atoms with van der Waals surface area (Å²) in [6, 6.07) is 8.57. The highest BCUT2D eigenvalue weighted by Gasteiger charge is 2.72. The summed E-state index contributed by atoms with van der Waals surface area (Å²) in [5.41, 5.74) is -0.710. The van der Waals surface area contributed by atoms with E-state index in [2.05, 4.69) is 0 Å². The third-order valence-corrected chi connectivity index (χ3v) is 5.82. The molecule has 2 unspecified atom stereocenters. The van der Waals surface area contributed by atoms with Gasteiger partial charge in [0.25, 0.3) is 0 Å². The average Bonchev–Trinajstić information content (AvgIpc) is 3.34. The van der Waals surface area contributed by atoms with Gasteiger partial charge in [0.1, 0.15) is 24.0 Å². The molecule has 0 aliphatic carbocycles. The summed E-state index contributed by atoms with van der Waals surface area (Å²) in [7, 11) is 0. The molecule has 3 aliphatic rings. The molecule has 0 saturated carbocycles. The van der Waals surface area contributed by atoms with Gasteiger partial charge in [-0.2, -0.15) is 0 Å². The summed E-state index contributed by atoms with van der Waals surface area (Å²) in [5, 5.41) is 0. The molecule has 0 amide bonds. The molecular weight excluding hydrogens is 380 g/mol. The Kier molecular flexibility index (Phi) is 4.90. The first-order chi connectivity index (χ1) is 13.8. The first kappa shape index (κ1) is 19.6. The Morgan fingerprint density at radius 3 is 2.55 bits per heavy atom. The molecule has 1 aromatic carbocycles. The van der Waals surface area contributed by atoms with Crippen LogP contribution in [0.4, 0.5) is 0 Å². The minimum Gasteiger partial charge on any atom is -0.462 e. The molecule has 8 nitrogen and oxygen atoms in total. The second-order valence-corrected chi connectivity index (χ2v) is 8.08. The van der Waals surface area contributed by atoms with Gasteiger partial charge in [-0.05, 0) is 18.6 Å². The Morgan fingerprint density at radius 2 is 1.86 bits per heavy atom. The third kappa shape index (κ3) is 3.31. The van der Waals surface area contributed by atoms with Gasteiger partial charge < -0.3 is 18.9 Å². The van der Waals surface area contributed by atoms with E-state index in [0.29, 0.717) is 12.0 Å². The van der Waals surface area contributed by atoms with E-state index < -0.39 is 47.4 Å². The van der Waals surface area contributed by atoms with Crippen molar-refractivity contribution in [3.05, 3.63) is 35.9 Å². The van der Waals surface area contributed by atoms with Gasteiger partial charge in [-0.3, -0.25) is 14.4 Å². The molecule has 0 aromatic heterocycles. The number of carbonyl (C=O) groups excluding carboxylic acids is 4. The van der Waals surface area contributed by atoms with Crippen molar-refractivity contribution in [2.24, 2.45) is 23.7 Å². The van der Waals surface area contributed by atoms with Crippen molar-refractivity contribution < 1.29 is 38.1 Å². The van der Waals surface area contributed by atoms with E-state index in [1.54, 1.807) is 44.2 Å². The quantitative estimate of drug-likeness (QED) is 0.401. The molecule has 29 heavy (non-hydrogen) atoms. The van der Waals surface area contributed by atoms with Crippen LogP contribution in [0.2, 0.25) is 0 Å². The van der Waals surface area contributed by atoms with Gasteiger partial charge in [0, 0.05) is 5.92 Å². The van der Waals surface area contributed by atoms with Crippen LogP contribution in [0.5, 0.6) is 0 Å². The lowest BCUT2D eigenvalue weighted by atomic mass is 9.69. The molecular formula is C21H22O8. The number of carbonyl (C=O) groups is 4. The lowest BCUT2D eigenvalue weighted by molar-refractivity contribution is -0.167. The minimum absolute atomic E-state index is 0.0307. The lowest BCUT2D eigenvalue weighted by Crippen LogP contribution is -2.47. The summed E-state index contributed by atoms with van der Waals surface area (Å²) in [6.07, 6.45) is -0.297. The summed E-state index contributed by atoms with van der Waals surface area (Å²) in [4.78, 5) is 48.6. The number of cyclic esters (lactones) is 2. The second-order valence-electron chi connectivity index (χ2n) is 8.08. The number of rotatable bonds is 6. The van der Waals surface area contributed by atoms with E-state index in [-0.39, 0.29) is 25.0 Å². The van der Waals surface area contributed by atoms with Crippen LogP contribution in [0.3, 0.4) is 0 Å². The number of esters is 4. The molecule has 3 fully saturated rings. The molecule has 0 N–H and O–H groups in total. The summed E-state index contributed by atoms with van der Waals surface area (Å²) >= 11 is 0. The van der Waals surface area contributed by atoms with Crippen molar-refractivity contribution in [2.45, 2.75) is 32.0 Å². The van der Waals surface area contributed by atoms with Crippen molar-refractivity contribution in [2.75, 3.05) is 13.2 Å².